The maximum Gasteiger partial charge on any atom is 0.336 e. The highest BCUT2D eigenvalue weighted by Crippen LogP contribution is 2.39. The van der Waals surface area contributed by atoms with Crippen LogP contribution in [0.3, 0.4) is 0 Å². The summed E-state index contributed by atoms with van der Waals surface area (Å²) < 4.78 is 0. The Morgan fingerprint density at radius 3 is 1.48 bits per heavy atom. The van der Waals surface area contributed by atoms with Crippen molar-refractivity contribution in [2.75, 3.05) is 0 Å². The van der Waals surface area contributed by atoms with E-state index in [1.54, 1.807) is 36.4 Å². The van der Waals surface area contributed by atoms with Crippen LogP contribution in [0.4, 0.5) is 0 Å². The van der Waals surface area contributed by atoms with Crippen LogP contribution in [0.2, 0.25) is 0 Å². The van der Waals surface area contributed by atoms with Gasteiger partial charge >= 0.3 is 11.9 Å². The zero-order valence-electron chi connectivity index (χ0n) is 19.9. The normalized spacial score (nSPS) is 10.5. The van der Waals surface area contributed by atoms with Crippen LogP contribution in [0.1, 0.15) is 109 Å². The standard InChI is InChI=1S/C29H32O4/c1-5-7-9-11-15-21-17-13-19-23(27(30)31)25(21)29(3,4)26-22(16-12-10-8-6-2)18-14-20-24(26)28(32)33/h13-14,17-20H,5-10H2,1-4H3,(H,30,31)(H,32,33). The summed E-state index contributed by atoms with van der Waals surface area (Å²) >= 11 is 0. The molecule has 2 rings (SSSR count). The van der Waals surface area contributed by atoms with E-state index in [1.807, 2.05) is 13.8 Å². The lowest BCUT2D eigenvalue weighted by atomic mass is 9.70. The first-order valence-electron chi connectivity index (χ1n) is 11.5. The molecule has 0 bridgehead atoms. The van der Waals surface area contributed by atoms with Crippen molar-refractivity contribution in [2.45, 2.75) is 71.6 Å². The fourth-order valence-corrected chi connectivity index (χ4v) is 3.99. The van der Waals surface area contributed by atoms with E-state index in [9.17, 15) is 19.8 Å². The van der Waals surface area contributed by atoms with Crippen LogP contribution >= 0.6 is 0 Å². The van der Waals surface area contributed by atoms with Gasteiger partial charge in [-0.05, 0) is 48.2 Å². The molecule has 0 amide bonds. The van der Waals surface area contributed by atoms with Crippen molar-refractivity contribution in [3.63, 3.8) is 0 Å². The SMILES string of the molecule is CCCCC#Cc1cccc(C(=O)O)c1C(C)(C)c1c(C#CCCCC)cccc1C(=O)O. The summed E-state index contributed by atoms with van der Waals surface area (Å²) in [6.07, 6.45) is 5.40. The van der Waals surface area contributed by atoms with E-state index < -0.39 is 17.4 Å². The Kier molecular flexibility index (Phi) is 9.31. The highest BCUT2D eigenvalue weighted by atomic mass is 16.4. The number of unbranched alkanes of at least 4 members (excludes halogenated alkanes) is 4. The van der Waals surface area contributed by atoms with Gasteiger partial charge in [0.15, 0.2) is 0 Å². The van der Waals surface area contributed by atoms with Crippen LogP contribution in [0.5, 0.6) is 0 Å². The van der Waals surface area contributed by atoms with Gasteiger partial charge in [-0.15, -0.1) is 0 Å². The number of aromatic carboxylic acids is 2. The maximum absolute atomic E-state index is 12.2. The molecule has 0 heterocycles. The minimum atomic E-state index is -1.07. The Morgan fingerprint density at radius 2 is 1.15 bits per heavy atom. The summed E-state index contributed by atoms with van der Waals surface area (Å²) in [4.78, 5) is 24.4. The van der Waals surface area contributed by atoms with Gasteiger partial charge in [-0.25, -0.2) is 9.59 Å². The van der Waals surface area contributed by atoms with Gasteiger partial charge in [-0.2, -0.15) is 0 Å². The fraction of sp³-hybridized carbons (Fsp3) is 0.379. The van der Waals surface area contributed by atoms with Gasteiger partial charge in [0, 0.05) is 29.4 Å². The molecule has 0 radical (unpaired) electrons. The molecule has 172 valence electrons. The molecule has 0 aliphatic rings. The number of carbonyl (C=O) groups is 2. The zero-order chi connectivity index (χ0) is 24.4. The average molecular weight is 445 g/mol. The first-order valence-corrected chi connectivity index (χ1v) is 11.5. The molecular formula is C29H32O4. The summed E-state index contributed by atoms with van der Waals surface area (Å²) in [7, 11) is 0. The van der Waals surface area contributed by atoms with Crippen LogP contribution in [0, 0.1) is 23.7 Å². The summed E-state index contributed by atoms with van der Waals surface area (Å²) in [5.74, 6) is 10.5. The van der Waals surface area contributed by atoms with Crippen molar-refractivity contribution in [1.29, 1.82) is 0 Å². The Bertz CT molecular complexity index is 1040. The molecule has 0 spiro atoms. The van der Waals surface area contributed by atoms with E-state index in [1.165, 1.54) is 0 Å². The van der Waals surface area contributed by atoms with Crippen molar-refractivity contribution in [1.82, 2.24) is 0 Å². The summed E-state index contributed by atoms with van der Waals surface area (Å²) in [6.45, 7) is 7.89. The van der Waals surface area contributed by atoms with Gasteiger partial charge in [0.1, 0.15) is 0 Å². The second kappa shape index (κ2) is 11.9. The molecule has 0 saturated heterocycles. The lowest BCUT2D eigenvalue weighted by Gasteiger charge is -2.31. The average Bonchev–Trinajstić information content (AvgIpc) is 2.79. The van der Waals surface area contributed by atoms with Crippen molar-refractivity contribution < 1.29 is 19.8 Å². The monoisotopic (exact) mass is 444 g/mol. The lowest BCUT2D eigenvalue weighted by Crippen LogP contribution is -2.28. The van der Waals surface area contributed by atoms with Gasteiger partial charge in [0.25, 0.3) is 0 Å². The molecule has 2 aromatic rings. The summed E-state index contributed by atoms with van der Waals surface area (Å²) in [5, 5.41) is 19.9. The Hall–Kier alpha value is -3.50. The third-order valence-corrected chi connectivity index (χ3v) is 5.60. The van der Waals surface area contributed by atoms with Gasteiger partial charge in [0.05, 0.1) is 11.1 Å². The van der Waals surface area contributed by atoms with E-state index >= 15 is 0 Å². The maximum atomic E-state index is 12.2. The predicted octanol–water partition coefficient (Wildman–Crippen LogP) is 6.49. The number of carboxylic acids is 2. The quantitative estimate of drug-likeness (QED) is 0.360. The van der Waals surface area contributed by atoms with Crippen LogP contribution < -0.4 is 0 Å². The van der Waals surface area contributed by atoms with Gasteiger partial charge in [-0.3, -0.25) is 0 Å². The van der Waals surface area contributed by atoms with Crippen LogP contribution in [-0.4, -0.2) is 22.2 Å². The number of hydrogen-bond acceptors (Lipinski definition) is 2. The highest BCUT2D eigenvalue weighted by Gasteiger charge is 2.35. The molecule has 2 aromatic carbocycles. The molecular weight excluding hydrogens is 412 g/mol. The van der Waals surface area contributed by atoms with Gasteiger partial charge in [0.2, 0.25) is 0 Å². The number of rotatable bonds is 8. The molecule has 0 unspecified atom stereocenters. The van der Waals surface area contributed by atoms with Crippen LogP contribution in [-0.2, 0) is 5.41 Å². The van der Waals surface area contributed by atoms with Crippen molar-refractivity contribution in [2.24, 2.45) is 0 Å². The van der Waals surface area contributed by atoms with Crippen LogP contribution in [0.15, 0.2) is 36.4 Å². The third-order valence-electron chi connectivity index (χ3n) is 5.60. The van der Waals surface area contributed by atoms with Crippen molar-refractivity contribution >= 4 is 11.9 Å². The van der Waals surface area contributed by atoms with E-state index in [0.717, 1.165) is 25.7 Å². The van der Waals surface area contributed by atoms with Crippen molar-refractivity contribution in [3.8, 4) is 23.7 Å². The second-order valence-corrected chi connectivity index (χ2v) is 8.50. The first kappa shape index (κ1) is 25.8. The summed E-state index contributed by atoms with van der Waals surface area (Å²) in [5.41, 5.74) is 1.48. The molecule has 2 N–H and O–H groups in total. The zero-order valence-corrected chi connectivity index (χ0v) is 19.9. The number of carboxylic acid groups (broad SMARTS) is 2. The van der Waals surface area contributed by atoms with E-state index in [-0.39, 0.29) is 11.1 Å². The molecule has 0 fully saturated rings. The smallest absolute Gasteiger partial charge is 0.336 e. The molecule has 0 aliphatic carbocycles. The molecule has 0 aromatic heterocycles. The Morgan fingerprint density at radius 1 is 0.758 bits per heavy atom. The second-order valence-electron chi connectivity index (χ2n) is 8.50. The minimum absolute atomic E-state index is 0.118. The van der Waals surface area contributed by atoms with E-state index in [2.05, 4.69) is 37.5 Å². The van der Waals surface area contributed by atoms with Crippen molar-refractivity contribution in [3.05, 3.63) is 69.8 Å². The number of benzene rings is 2. The Balaban J connectivity index is 2.82. The summed E-state index contributed by atoms with van der Waals surface area (Å²) in [6, 6.07) is 10.1. The molecule has 4 nitrogen and oxygen atoms in total. The van der Waals surface area contributed by atoms with Gasteiger partial charge < -0.3 is 10.2 Å². The lowest BCUT2D eigenvalue weighted by molar-refractivity contribution is 0.0686. The van der Waals surface area contributed by atoms with Crippen LogP contribution in [0.25, 0.3) is 0 Å². The largest absolute Gasteiger partial charge is 0.478 e. The molecule has 0 aliphatic heterocycles. The topological polar surface area (TPSA) is 74.6 Å². The Labute approximate surface area is 197 Å². The minimum Gasteiger partial charge on any atom is -0.478 e. The van der Waals surface area contributed by atoms with Gasteiger partial charge in [-0.1, -0.05) is 76.4 Å². The first-order chi connectivity index (χ1) is 15.8. The molecule has 33 heavy (non-hydrogen) atoms. The van der Waals surface area contributed by atoms with E-state index in [0.29, 0.717) is 35.1 Å². The molecule has 4 heteroatoms. The third kappa shape index (κ3) is 6.27. The fourth-order valence-electron chi connectivity index (χ4n) is 3.99. The predicted molar refractivity (Wildman–Crippen MR) is 132 cm³/mol. The highest BCUT2D eigenvalue weighted by molar-refractivity contribution is 5.94. The molecule has 0 saturated carbocycles. The van der Waals surface area contributed by atoms with E-state index in [4.69, 9.17) is 0 Å². The molecule has 0 atom stereocenters. The number of hydrogen-bond donors (Lipinski definition) is 2.